The predicted molar refractivity (Wildman–Crippen MR) is 134 cm³/mol. The van der Waals surface area contributed by atoms with Crippen LogP contribution in [0.15, 0.2) is 72.3 Å². The molecular formula is C28H26N2O5. The normalized spacial score (nSPS) is 19.0. The number of anilines is 2. The van der Waals surface area contributed by atoms with Crippen molar-refractivity contribution in [2.75, 3.05) is 30.0 Å². The van der Waals surface area contributed by atoms with Crippen molar-refractivity contribution in [2.45, 2.75) is 19.4 Å². The quantitative estimate of drug-likeness (QED) is 0.334. The first-order chi connectivity index (χ1) is 16.9. The molecule has 0 saturated carbocycles. The maximum Gasteiger partial charge on any atom is 0.300 e. The molecule has 35 heavy (non-hydrogen) atoms. The van der Waals surface area contributed by atoms with E-state index in [2.05, 4.69) is 0 Å². The Labute approximate surface area is 203 Å². The van der Waals surface area contributed by atoms with Gasteiger partial charge in [-0.1, -0.05) is 31.2 Å². The summed E-state index contributed by atoms with van der Waals surface area (Å²) in [6, 6.07) is 18.1. The van der Waals surface area contributed by atoms with E-state index in [0.29, 0.717) is 35.7 Å². The first kappa shape index (κ1) is 22.5. The number of benzene rings is 3. The van der Waals surface area contributed by atoms with Crippen LogP contribution >= 0.6 is 0 Å². The van der Waals surface area contributed by atoms with Crippen LogP contribution < -0.4 is 14.5 Å². The van der Waals surface area contributed by atoms with Crippen LogP contribution in [-0.2, 0) is 16.0 Å². The fraction of sp³-hybridized carbons (Fsp3) is 0.214. The van der Waals surface area contributed by atoms with Gasteiger partial charge in [0.05, 0.1) is 23.8 Å². The zero-order chi connectivity index (χ0) is 24.7. The van der Waals surface area contributed by atoms with E-state index in [4.69, 9.17) is 4.74 Å². The van der Waals surface area contributed by atoms with Crippen LogP contribution in [0.2, 0.25) is 0 Å². The second-order valence-corrected chi connectivity index (χ2v) is 8.73. The Bertz CT molecular complexity index is 1330. The number of carbonyl (C=O) groups is 2. The summed E-state index contributed by atoms with van der Waals surface area (Å²) in [6.45, 7) is 3.30. The molecule has 2 N–H and O–H groups in total. The van der Waals surface area contributed by atoms with Crippen LogP contribution in [0.5, 0.6) is 11.5 Å². The highest BCUT2D eigenvalue weighted by atomic mass is 16.5. The van der Waals surface area contributed by atoms with Crippen molar-refractivity contribution in [1.29, 1.82) is 0 Å². The molecule has 0 spiro atoms. The van der Waals surface area contributed by atoms with E-state index < -0.39 is 17.7 Å². The van der Waals surface area contributed by atoms with Gasteiger partial charge in [0.2, 0.25) is 0 Å². The fourth-order valence-corrected chi connectivity index (χ4v) is 4.62. The monoisotopic (exact) mass is 470 g/mol. The number of amides is 1. The molecule has 1 atom stereocenters. The van der Waals surface area contributed by atoms with Crippen LogP contribution in [-0.4, -0.2) is 42.1 Å². The van der Waals surface area contributed by atoms with E-state index in [1.807, 2.05) is 43.1 Å². The minimum Gasteiger partial charge on any atom is -0.508 e. The summed E-state index contributed by atoms with van der Waals surface area (Å²) in [5.41, 5.74) is 3.48. The van der Waals surface area contributed by atoms with Crippen LogP contribution in [0.1, 0.15) is 29.7 Å². The van der Waals surface area contributed by atoms with E-state index in [1.165, 1.54) is 17.0 Å². The van der Waals surface area contributed by atoms with Gasteiger partial charge in [0, 0.05) is 18.3 Å². The number of likely N-dealkylation sites (N-methyl/N-ethyl adjacent to an activating group) is 1. The number of aliphatic hydroxyl groups excluding tert-OH is 1. The molecule has 3 aromatic carbocycles. The highest BCUT2D eigenvalue weighted by Crippen LogP contribution is 2.43. The van der Waals surface area contributed by atoms with Gasteiger partial charge < -0.3 is 19.8 Å². The molecule has 3 aromatic rings. The summed E-state index contributed by atoms with van der Waals surface area (Å²) >= 11 is 0. The Balaban J connectivity index is 1.68. The van der Waals surface area contributed by atoms with Gasteiger partial charge in [-0.3, -0.25) is 14.5 Å². The number of ketones is 1. The number of carbonyl (C=O) groups excluding carboxylic acids is 2. The molecule has 2 aliphatic heterocycles. The number of Topliss-reactive ketones (excluding diaryl/α,β-unsaturated/α-hetero) is 1. The average molecular weight is 471 g/mol. The lowest BCUT2D eigenvalue weighted by Gasteiger charge is -2.28. The Kier molecular flexibility index (Phi) is 5.68. The molecular weight excluding hydrogens is 444 g/mol. The highest BCUT2D eigenvalue weighted by Gasteiger charge is 2.47. The van der Waals surface area contributed by atoms with Crippen molar-refractivity contribution in [3.8, 4) is 11.5 Å². The third-order valence-corrected chi connectivity index (χ3v) is 6.60. The topological polar surface area (TPSA) is 90.3 Å². The number of phenols is 1. The maximum atomic E-state index is 13.3. The molecule has 0 radical (unpaired) electrons. The summed E-state index contributed by atoms with van der Waals surface area (Å²) < 4.78 is 5.70. The third-order valence-electron chi connectivity index (χ3n) is 6.60. The van der Waals surface area contributed by atoms with E-state index in [1.54, 1.807) is 30.3 Å². The van der Waals surface area contributed by atoms with Gasteiger partial charge in [0.15, 0.2) is 0 Å². The molecule has 1 unspecified atom stereocenters. The number of hydrogen-bond donors (Lipinski definition) is 2. The molecule has 1 amide bonds. The lowest BCUT2D eigenvalue weighted by atomic mass is 9.94. The number of ether oxygens (including phenoxy) is 1. The Hall–Kier alpha value is -4.26. The smallest absolute Gasteiger partial charge is 0.300 e. The van der Waals surface area contributed by atoms with Gasteiger partial charge in [0.25, 0.3) is 11.7 Å². The Morgan fingerprint density at radius 3 is 2.43 bits per heavy atom. The number of hydrogen-bond acceptors (Lipinski definition) is 6. The summed E-state index contributed by atoms with van der Waals surface area (Å²) in [5.74, 6) is -0.969. The van der Waals surface area contributed by atoms with Crippen molar-refractivity contribution in [1.82, 2.24) is 0 Å². The Morgan fingerprint density at radius 2 is 1.74 bits per heavy atom. The molecule has 2 heterocycles. The molecule has 7 nitrogen and oxygen atoms in total. The first-order valence-corrected chi connectivity index (χ1v) is 11.6. The van der Waals surface area contributed by atoms with Crippen LogP contribution in [0.25, 0.3) is 5.76 Å². The SMILES string of the molecule is CCc1ccc(N2C(=O)C(=O)/C(=C(\O)c3ccc4c(c3)N(C)CCO4)C2c2ccc(O)cc2)cc1. The van der Waals surface area contributed by atoms with Crippen molar-refractivity contribution >= 4 is 28.8 Å². The van der Waals surface area contributed by atoms with Crippen LogP contribution in [0.3, 0.4) is 0 Å². The first-order valence-electron chi connectivity index (χ1n) is 11.6. The molecule has 178 valence electrons. The minimum absolute atomic E-state index is 0.000381. The lowest BCUT2D eigenvalue weighted by Crippen LogP contribution is -2.29. The predicted octanol–water partition coefficient (Wildman–Crippen LogP) is 4.41. The number of fused-ring (bicyclic) bond motifs is 1. The number of nitrogens with zero attached hydrogens (tertiary/aromatic N) is 2. The van der Waals surface area contributed by atoms with Gasteiger partial charge in [-0.15, -0.1) is 0 Å². The lowest BCUT2D eigenvalue weighted by molar-refractivity contribution is -0.132. The van der Waals surface area contributed by atoms with E-state index in [9.17, 15) is 19.8 Å². The summed E-state index contributed by atoms with van der Waals surface area (Å²) in [5, 5.41) is 21.2. The maximum absolute atomic E-state index is 13.3. The van der Waals surface area contributed by atoms with Gasteiger partial charge in [0.1, 0.15) is 23.9 Å². The molecule has 0 aliphatic carbocycles. The number of aromatic hydroxyl groups is 1. The Morgan fingerprint density at radius 1 is 1.03 bits per heavy atom. The number of aliphatic hydroxyl groups is 1. The molecule has 0 bridgehead atoms. The zero-order valence-electron chi connectivity index (χ0n) is 19.6. The minimum atomic E-state index is -0.854. The summed E-state index contributed by atoms with van der Waals surface area (Å²) in [7, 11) is 1.93. The van der Waals surface area contributed by atoms with Crippen molar-refractivity contribution < 1.29 is 24.5 Å². The van der Waals surface area contributed by atoms with Crippen molar-refractivity contribution in [2.24, 2.45) is 0 Å². The standard InChI is InChI=1S/C28H26N2O5/c1-3-17-4-9-20(10-5-17)30-25(18-6-11-21(31)12-7-18)24(27(33)28(30)34)26(32)19-8-13-23-22(16-19)29(2)14-15-35-23/h4-13,16,25,31-32H,3,14-15H2,1-2H3/b26-24-. The largest absolute Gasteiger partial charge is 0.508 e. The summed E-state index contributed by atoms with van der Waals surface area (Å²) in [6.07, 6.45) is 0.844. The highest BCUT2D eigenvalue weighted by molar-refractivity contribution is 6.51. The van der Waals surface area contributed by atoms with Gasteiger partial charge in [-0.25, -0.2) is 0 Å². The third kappa shape index (κ3) is 3.89. The second-order valence-electron chi connectivity index (χ2n) is 8.73. The number of aryl methyl sites for hydroxylation is 1. The number of phenolic OH excluding ortho intramolecular Hbond substituents is 1. The second kappa shape index (κ2) is 8.83. The molecule has 1 fully saturated rings. The van der Waals surface area contributed by atoms with Gasteiger partial charge >= 0.3 is 0 Å². The molecule has 2 aliphatic rings. The number of rotatable bonds is 4. The van der Waals surface area contributed by atoms with Crippen LogP contribution in [0, 0.1) is 0 Å². The van der Waals surface area contributed by atoms with Gasteiger partial charge in [-0.05, 0) is 60.0 Å². The molecule has 5 rings (SSSR count). The van der Waals surface area contributed by atoms with E-state index in [0.717, 1.165) is 17.7 Å². The van der Waals surface area contributed by atoms with E-state index in [-0.39, 0.29) is 17.1 Å². The van der Waals surface area contributed by atoms with Crippen molar-refractivity contribution in [3.63, 3.8) is 0 Å². The molecule has 0 aromatic heterocycles. The fourth-order valence-electron chi connectivity index (χ4n) is 4.62. The zero-order valence-corrected chi connectivity index (χ0v) is 19.6. The van der Waals surface area contributed by atoms with E-state index >= 15 is 0 Å². The van der Waals surface area contributed by atoms with Crippen LogP contribution in [0.4, 0.5) is 11.4 Å². The summed E-state index contributed by atoms with van der Waals surface area (Å²) in [4.78, 5) is 30.1. The molecule has 1 saturated heterocycles. The molecule has 7 heteroatoms. The average Bonchev–Trinajstić information content (AvgIpc) is 3.14. The van der Waals surface area contributed by atoms with Crippen molar-refractivity contribution in [3.05, 3.63) is 89.0 Å². The van der Waals surface area contributed by atoms with Gasteiger partial charge in [-0.2, -0.15) is 0 Å².